The highest BCUT2D eigenvalue weighted by atomic mass is 19.1. The molecule has 0 aliphatic carbocycles. The Morgan fingerprint density at radius 1 is 1.09 bits per heavy atom. The van der Waals surface area contributed by atoms with Crippen LogP contribution in [-0.4, -0.2) is 38.6 Å². The second-order valence-electron chi connectivity index (χ2n) is 8.50. The number of carbonyl (C=O) groups excluding carboxylic acids is 1. The van der Waals surface area contributed by atoms with Crippen LogP contribution in [0.1, 0.15) is 23.8 Å². The van der Waals surface area contributed by atoms with Crippen LogP contribution in [0.25, 0.3) is 16.6 Å². The molecule has 1 aliphatic rings. The molecule has 5 rings (SSSR count). The van der Waals surface area contributed by atoms with E-state index >= 15 is 0 Å². The van der Waals surface area contributed by atoms with E-state index in [1.807, 2.05) is 13.1 Å². The minimum atomic E-state index is -0.959. The Morgan fingerprint density at radius 2 is 1.85 bits per heavy atom. The number of halogens is 2. The molecule has 1 atom stereocenters. The van der Waals surface area contributed by atoms with Crippen molar-refractivity contribution >= 4 is 28.2 Å². The fourth-order valence-electron chi connectivity index (χ4n) is 4.36. The molecule has 2 aromatic heterocycles. The normalized spacial score (nSPS) is 15.8. The van der Waals surface area contributed by atoms with Crippen molar-refractivity contribution in [1.82, 2.24) is 19.6 Å². The summed E-state index contributed by atoms with van der Waals surface area (Å²) in [5.41, 5.74) is 0.797. The molecule has 4 aromatic rings. The van der Waals surface area contributed by atoms with E-state index in [1.165, 1.54) is 12.1 Å². The molecule has 0 radical (unpaired) electrons. The van der Waals surface area contributed by atoms with E-state index in [1.54, 1.807) is 16.9 Å². The lowest BCUT2D eigenvalue weighted by atomic mass is 10.1. The van der Waals surface area contributed by atoms with Crippen LogP contribution in [0.15, 0.2) is 53.5 Å². The van der Waals surface area contributed by atoms with E-state index in [2.05, 4.69) is 27.3 Å². The van der Waals surface area contributed by atoms with E-state index in [-0.39, 0.29) is 5.69 Å². The van der Waals surface area contributed by atoms with Crippen LogP contribution in [0.2, 0.25) is 0 Å². The number of rotatable bonds is 4. The first-order chi connectivity index (χ1) is 16.3. The van der Waals surface area contributed by atoms with Crippen molar-refractivity contribution in [2.75, 3.05) is 23.3 Å². The zero-order valence-corrected chi connectivity index (χ0v) is 18.6. The highest BCUT2D eigenvalue weighted by Gasteiger charge is 2.25. The number of amides is 1. The van der Waals surface area contributed by atoms with E-state index in [0.29, 0.717) is 16.3 Å². The lowest BCUT2D eigenvalue weighted by molar-refractivity contribution is 0.102. The second kappa shape index (κ2) is 8.36. The molecular formula is C24H22F2N6O2. The van der Waals surface area contributed by atoms with E-state index in [0.717, 1.165) is 54.3 Å². The molecule has 0 bridgehead atoms. The van der Waals surface area contributed by atoms with Crippen LogP contribution in [0.4, 0.5) is 20.2 Å². The predicted molar refractivity (Wildman–Crippen MR) is 124 cm³/mol. The first-order valence-electron chi connectivity index (χ1n) is 10.9. The van der Waals surface area contributed by atoms with Gasteiger partial charge in [-0.15, -0.1) is 0 Å². The standard InChI is InChI=1S/C24H22F2N6O2/c1-14-10-11-31(13-14)22-15-12-27-30(2)20(15)8-6-18(22)28-24(34)19-7-9-21(33)32(29-19)23-16(25)4-3-5-17(23)26/h3-9,12,14H,10-11,13H2,1-2H3,(H,28,34)/t14-/m1/s1. The number of hydrogen-bond donors (Lipinski definition) is 1. The van der Waals surface area contributed by atoms with Gasteiger partial charge >= 0.3 is 0 Å². The minimum absolute atomic E-state index is 0.158. The van der Waals surface area contributed by atoms with Gasteiger partial charge in [0.05, 0.1) is 23.1 Å². The number of para-hydroxylation sites is 1. The molecule has 3 heterocycles. The monoisotopic (exact) mass is 464 g/mol. The molecule has 0 unspecified atom stereocenters. The van der Waals surface area contributed by atoms with Gasteiger partial charge in [-0.25, -0.2) is 8.78 Å². The molecule has 1 aliphatic heterocycles. The highest BCUT2D eigenvalue weighted by Crippen LogP contribution is 2.37. The third-order valence-corrected chi connectivity index (χ3v) is 6.07. The molecule has 8 nitrogen and oxygen atoms in total. The smallest absolute Gasteiger partial charge is 0.276 e. The Labute approximate surface area is 193 Å². The van der Waals surface area contributed by atoms with E-state index in [9.17, 15) is 18.4 Å². The van der Waals surface area contributed by atoms with Crippen molar-refractivity contribution in [3.05, 3.63) is 76.3 Å². The summed E-state index contributed by atoms with van der Waals surface area (Å²) in [4.78, 5) is 27.6. The second-order valence-corrected chi connectivity index (χ2v) is 8.50. The minimum Gasteiger partial charge on any atom is -0.369 e. The van der Waals surface area contributed by atoms with Gasteiger partial charge < -0.3 is 10.2 Å². The summed E-state index contributed by atoms with van der Waals surface area (Å²) in [5.74, 6) is -2.02. The zero-order chi connectivity index (χ0) is 24.0. The summed E-state index contributed by atoms with van der Waals surface area (Å²) >= 11 is 0. The van der Waals surface area contributed by atoms with Gasteiger partial charge in [0.25, 0.3) is 11.5 Å². The largest absolute Gasteiger partial charge is 0.369 e. The van der Waals surface area contributed by atoms with Gasteiger partial charge in [0, 0.05) is 31.6 Å². The number of benzene rings is 2. The quantitative estimate of drug-likeness (QED) is 0.500. The number of fused-ring (bicyclic) bond motifs is 1. The third-order valence-electron chi connectivity index (χ3n) is 6.07. The van der Waals surface area contributed by atoms with Crippen molar-refractivity contribution in [2.24, 2.45) is 13.0 Å². The predicted octanol–water partition coefficient (Wildman–Crippen LogP) is 3.50. The van der Waals surface area contributed by atoms with Crippen LogP contribution in [0, 0.1) is 17.6 Å². The molecule has 0 saturated carbocycles. The van der Waals surface area contributed by atoms with Gasteiger partial charge in [-0.2, -0.15) is 14.9 Å². The van der Waals surface area contributed by atoms with Crippen molar-refractivity contribution < 1.29 is 13.6 Å². The summed E-state index contributed by atoms with van der Waals surface area (Å²) in [6.07, 6.45) is 2.80. The molecule has 0 spiro atoms. The number of anilines is 2. The number of nitrogens with one attached hydrogen (secondary N) is 1. The average Bonchev–Trinajstić information content (AvgIpc) is 3.40. The summed E-state index contributed by atoms with van der Waals surface area (Å²) in [7, 11) is 1.85. The molecule has 1 amide bonds. The van der Waals surface area contributed by atoms with Crippen LogP contribution in [0.5, 0.6) is 0 Å². The molecule has 10 heteroatoms. The third kappa shape index (κ3) is 3.70. The van der Waals surface area contributed by atoms with Gasteiger partial charge in [0.1, 0.15) is 11.4 Å². The number of aromatic nitrogens is 4. The van der Waals surface area contributed by atoms with Gasteiger partial charge in [-0.1, -0.05) is 13.0 Å². The molecule has 1 fully saturated rings. The fourth-order valence-corrected chi connectivity index (χ4v) is 4.36. The first kappa shape index (κ1) is 21.7. The van der Waals surface area contributed by atoms with E-state index < -0.39 is 28.8 Å². The Morgan fingerprint density at radius 3 is 2.56 bits per heavy atom. The van der Waals surface area contributed by atoms with Gasteiger partial charge in [-0.3, -0.25) is 14.3 Å². The highest BCUT2D eigenvalue weighted by molar-refractivity contribution is 6.08. The number of nitrogens with zero attached hydrogens (tertiary/aromatic N) is 5. The van der Waals surface area contributed by atoms with Gasteiger partial charge in [-0.05, 0) is 42.7 Å². The molecule has 34 heavy (non-hydrogen) atoms. The Balaban J connectivity index is 1.54. The first-order valence-corrected chi connectivity index (χ1v) is 10.9. The van der Waals surface area contributed by atoms with Crippen LogP contribution >= 0.6 is 0 Å². The van der Waals surface area contributed by atoms with Gasteiger partial charge in [0.2, 0.25) is 0 Å². The Hall–Kier alpha value is -4.08. The molecule has 1 saturated heterocycles. The summed E-state index contributed by atoms with van der Waals surface area (Å²) in [6, 6.07) is 9.17. The molecule has 2 aromatic carbocycles. The summed E-state index contributed by atoms with van der Waals surface area (Å²) in [6.45, 7) is 3.86. The Bertz CT molecular complexity index is 1460. The molecule has 174 valence electrons. The maximum Gasteiger partial charge on any atom is 0.276 e. The maximum absolute atomic E-state index is 14.2. The van der Waals surface area contributed by atoms with E-state index in [4.69, 9.17) is 0 Å². The lowest BCUT2D eigenvalue weighted by Crippen LogP contribution is -2.27. The average molecular weight is 464 g/mol. The van der Waals surface area contributed by atoms with Crippen LogP contribution in [0.3, 0.4) is 0 Å². The maximum atomic E-state index is 14.2. The van der Waals surface area contributed by atoms with Crippen LogP contribution < -0.4 is 15.8 Å². The van der Waals surface area contributed by atoms with Crippen molar-refractivity contribution in [3.8, 4) is 5.69 Å². The van der Waals surface area contributed by atoms with Crippen LogP contribution in [-0.2, 0) is 7.05 Å². The molecular weight excluding hydrogens is 442 g/mol. The van der Waals surface area contributed by atoms with Crippen molar-refractivity contribution in [1.29, 1.82) is 0 Å². The SMILES string of the molecule is C[C@@H]1CCN(c2c(NC(=O)c3ccc(=O)n(-c4c(F)cccc4F)n3)ccc3c2cnn3C)C1. The lowest BCUT2D eigenvalue weighted by Gasteiger charge is -2.23. The topological polar surface area (TPSA) is 85.1 Å². The zero-order valence-electron chi connectivity index (χ0n) is 18.6. The Kier molecular flexibility index (Phi) is 5.35. The summed E-state index contributed by atoms with van der Waals surface area (Å²) in [5, 5.41) is 12.1. The number of aryl methyl sites for hydroxylation is 1. The number of hydrogen-bond acceptors (Lipinski definition) is 5. The van der Waals surface area contributed by atoms with Gasteiger partial charge in [0.15, 0.2) is 11.6 Å². The van der Waals surface area contributed by atoms with Crippen molar-refractivity contribution in [3.63, 3.8) is 0 Å². The van der Waals surface area contributed by atoms with Crippen molar-refractivity contribution in [2.45, 2.75) is 13.3 Å². The fraction of sp³-hybridized carbons (Fsp3) is 0.250. The number of carbonyl (C=O) groups is 1. The molecule has 1 N–H and O–H groups in total. The summed E-state index contributed by atoms with van der Waals surface area (Å²) < 4.78 is 30.8.